The van der Waals surface area contributed by atoms with E-state index in [1.165, 1.54) is 5.56 Å². The third-order valence-electron chi connectivity index (χ3n) is 4.45. The molecule has 1 aromatic carbocycles. The molecule has 1 fully saturated rings. The molecule has 0 N–H and O–H groups in total. The van der Waals surface area contributed by atoms with Crippen molar-refractivity contribution < 1.29 is 9.53 Å². The highest BCUT2D eigenvalue weighted by Crippen LogP contribution is 2.43. The minimum atomic E-state index is -0.342. The molecule has 0 radical (unpaired) electrons. The molecular weight excluding hydrogens is 260 g/mol. The summed E-state index contributed by atoms with van der Waals surface area (Å²) in [5.74, 6) is 0.144. The van der Waals surface area contributed by atoms with E-state index in [2.05, 4.69) is 46.8 Å². The zero-order valence-electron chi connectivity index (χ0n) is 14.5. The number of hydrogen-bond acceptors (Lipinski definition) is 2. The first-order valence-corrected chi connectivity index (χ1v) is 7.77. The van der Waals surface area contributed by atoms with Crippen molar-refractivity contribution in [1.29, 1.82) is 0 Å². The van der Waals surface area contributed by atoms with E-state index in [0.717, 1.165) is 23.1 Å². The van der Waals surface area contributed by atoms with Crippen molar-refractivity contribution in [2.75, 3.05) is 6.61 Å². The van der Waals surface area contributed by atoms with Gasteiger partial charge in [-0.2, -0.15) is 0 Å². The molecule has 0 spiro atoms. The number of ether oxygens (including phenoxy) is 1. The van der Waals surface area contributed by atoms with Gasteiger partial charge in [0.1, 0.15) is 6.10 Å². The van der Waals surface area contributed by atoms with Gasteiger partial charge in [0.05, 0.1) is 6.61 Å². The molecule has 0 aliphatic carbocycles. The standard InChI is InChI=1S/C19H28O2/c1-12-8-13(2)15(14(3)9-12)16(20)17-19(6,7)10-18(4,5)11-21-17/h8-9,17H,10-11H2,1-7H3. The normalized spacial score (nSPS) is 23.9. The first-order valence-electron chi connectivity index (χ1n) is 7.77. The van der Waals surface area contributed by atoms with E-state index in [1.54, 1.807) is 0 Å². The number of hydrogen-bond donors (Lipinski definition) is 0. The molecule has 0 saturated carbocycles. The van der Waals surface area contributed by atoms with Crippen LogP contribution in [-0.4, -0.2) is 18.5 Å². The van der Waals surface area contributed by atoms with Gasteiger partial charge in [-0.05, 0) is 49.1 Å². The van der Waals surface area contributed by atoms with Crippen LogP contribution in [0.15, 0.2) is 12.1 Å². The fourth-order valence-electron chi connectivity index (χ4n) is 4.04. The van der Waals surface area contributed by atoms with E-state index < -0.39 is 0 Å². The molecule has 21 heavy (non-hydrogen) atoms. The van der Waals surface area contributed by atoms with Crippen molar-refractivity contribution in [2.45, 2.75) is 61.0 Å². The first-order chi connectivity index (χ1) is 9.53. The third-order valence-corrected chi connectivity index (χ3v) is 4.45. The van der Waals surface area contributed by atoms with E-state index in [1.807, 2.05) is 13.8 Å². The minimum Gasteiger partial charge on any atom is -0.369 e. The average molecular weight is 288 g/mol. The smallest absolute Gasteiger partial charge is 0.192 e. The van der Waals surface area contributed by atoms with E-state index in [-0.39, 0.29) is 22.7 Å². The zero-order chi connectivity index (χ0) is 16.0. The van der Waals surface area contributed by atoms with Crippen LogP contribution in [0.1, 0.15) is 61.2 Å². The Morgan fingerprint density at radius 2 is 1.62 bits per heavy atom. The molecular formula is C19H28O2. The van der Waals surface area contributed by atoms with Gasteiger partial charge in [0.2, 0.25) is 0 Å². The Morgan fingerprint density at radius 1 is 1.10 bits per heavy atom. The fraction of sp³-hybridized carbons (Fsp3) is 0.632. The van der Waals surface area contributed by atoms with Crippen molar-refractivity contribution in [3.8, 4) is 0 Å². The molecule has 116 valence electrons. The molecule has 1 heterocycles. The molecule has 2 rings (SSSR count). The highest BCUT2D eigenvalue weighted by atomic mass is 16.5. The maximum absolute atomic E-state index is 13.1. The Hall–Kier alpha value is -1.15. The summed E-state index contributed by atoms with van der Waals surface area (Å²) in [5.41, 5.74) is 4.16. The lowest BCUT2D eigenvalue weighted by molar-refractivity contribution is -0.103. The summed E-state index contributed by atoms with van der Waals surface area (Å²) < 4.78 is 6.02. The van der Waals surface area contributed by atoms with Crippen molar-refractivity contribution >= 4 is 5.78 Å². The molecule has 1 aliphatic rings. The number of carbonyl (C=O) groups excluding carboxylic acids is 1. The molecule has 0 aromatic heterocycles. The van der Waals surface area contributed by atoms with Crippen LogP contribution in [0.4, 0.5) is 0 Å². The van der Waals surface area contributed by atoms with Crippen molar-refractivity contribution in [2.24, 2.45) is 10.8 Å². The second-order valence-corrected chi connectivity index (χ2v) is 8.16. The van der Waals surface area contributed by atoms with Gasteiger partial charge in [-0.25, -0.2) is 0 Å². The average Bonchev–Trinajstić information content (AvgIpc) is 2.23. The molecule has 1 unspecified atom stereocenters. The lowest BCUT2D eigenvalue weighted by Crippen LogP contribution is -2.48. The van der Waals surface area contributed by atoms with Gasteiger partial charge in [0, 0.05) is 5.56 Å². The summed E-state index contributed by atoms with van der Waals surface area (Å²) in [6, 6.07) is 4.17. The monoisotopic (exact) mass is 288 g/mol. The maximum atomic E-state index is 13.1. The van der Waals surface area contributed by atoms with Gasteiger partial charge in [-0.3, -0.25) is 4.79 Å². The second-order valence-electron chi connectivity index (χ2n) is 8.16. The van der Waals surface area contributed by atoms with Crippen LogP contribution >= 0.6 is 0 Å². The molecule has 1 atom stereocenters. The third kappa shape index (κ3) is 3.21. The Kier molecular flexibility index (Phi) is 4.05. The number of ketones is 1. The highest BCUT2D eigenvalue weighted by molar-refractivity contribution is 6.02. The molecule has 1 aromatic rings. The minimum absolute atomic E-state index is 0.136. The van der Waals surface area contributed by atoms with Crippen LogP contribution in [0.2, 0.25) is 0 Å². The van der Waals surface area contributed by atoms with E-state index in [9.17, 15) is 4.79 Å². The van der Waals surface area contributed by atoms with Gasteiger partial charge in [-0.15, -0.1) is 0 Å². The lowest BCUT2D eigenvalue weighted by atomic mass is 9.68. The zero-order valence-corrected chi connectivity index (χ0v) is 14.5. The van der Waals surface area contributed by atoms with Gasteiger partial charge in [0.25, 0.3) is 0 Å². The number of Topliss-reactive ketones (excluding diaryl/α,β-unsaturated/α-hetero) is 1. The molecule has 2 heteroatoms. The quantitative estimate of drug-likeness (QED) is 0.741. The number of carbonyl (C=O) groups is 1. The van der Waals surface area contributed by atoms with Crippen LogP contribution < -0.4 is 0 Å². The lowest BCUT2D eigenvalue weighted by Gasteiger charge is -2.45. The van der Waals surface area contributed by atoms with Crippen molar-refractivity contribution in [3.05, 3.63) is 34.4 Å². The van der Waals surface area contributed by atoms with Crippen LogP contribution in [0.3, 0.4) is 0 Å². The van der Waals surface area contributed by atoms with Crippen LogP contribution in [0.5, 0.6) is 0 Å². The predicted octanol–water partition coefficient (Wildman–Crippen LogP) is 4.64. The fourth-order valence-corrected chi connectivity index (χ4v) is 4.04. The number of aryl methyl sites for hydroxylation is 3. The summed E-state index contributed by atoms with van der Waals surface area (Å²) in [6.45, 7) is 15.5. The maximum Gasteiger partial charge on any atom is 0.192 e. The largest absolute Gasteiger partial charge is 0.369 e. The molecule has 0 amide bonds. The molecule has 2 nitrogen and oxygen atoms in total. The molecule has 0 bridgehead atoms. The van der Waals surface area contributed by atoms with Gasteiger partial charge in [0.15, 0.2) is 5.78 Å². The topological polar surface area (TPSA) is 26.3 Å². The Balaban J connectivity index is 2.37. The van der Waals surface area contributed by atoms with Gasteiger partial charge < -0.3 is 4.74 Å². The van der Waals surface area contributed by atoms with E-state index in [0.29, 0.717) is 6.61 Å². The Labute approximate surface area is 128 Å². The predicted molar refractivity (Wildman–Crippen MR) is 86.9 cm³/mol. The molecule has 1 aliphatic heterocycles. The van der Waals surface area contributed by atoms with Crippen molar-refractivity contribution in [3.63, 3.8) is 0 Å². The Bertz CT molecular complexity index is 544. The van der Waals surface area contributed by atoms with Crippen LogP contribution in [0, 0.1) is 31.6 Å². The Morgan fingerprint density at radius 3 is 2.10 bits per heavy atom. The summed E-state index contributed by atoms with van der Waals surface area (Å²) in [5, 5.41) is 0. The molecule has 1 saturated heterocycles. The van der Waals surface area contributed by atoms with Crippen LogP contribution in [0.25, 0.3) is 0 Å². The van der Waals surface area contributed by atoms with Crippen LogP contribution in [-0.2, 0) is 4.74 Å². The van der Waals surface area contributed by atoms with E-state index >= 15 is 0 Å². The SMILES string of the molecule is Cc1cc(C)c(C(=O)C2OCC(C)(C)CC2(C)C)c(C)c1. The van der Waals surface area contributed by atoms with Gasteiger partial charge >= 0.3 is 0 Å². The highest BCUT2D eigenvalue weighted by Gasteiger charge is 2.45. The summed E-state index contributed by atoms with van der Waals surface area (Å²) in [6.07, 6.45) is 0.658. The summed E-state index contributed by atoms with van der Waals surface area (Å²) >= 11 is 0. The number of rotatable bonds is 2. The summed E-state index contributed by atoms with van der Waals surface area (Å²) in [7, 11) is 0. The van der Waals surface area contributed by atoms with E-state index in [4.69, 9.17) is 4.74 Å². The van der Waals surface area contributed by atoms with Crippen molar-refractivity contribution in [1.82, 2.24) is 0 Å². The number of benzene rings is 1. The summed E-state index contributed by atoms with van der Waals surface area (Å²) in [4.78, 5) is 13.1. The first kappa shape index (κ1) is 16.2. The second kappa shape index (κ2) is 5.24. The van der Waals surface area contributed by atoms with Gasteiger partial charge in [-0.1, -0.05) is 45.4 Å².